The first-order valence-corrected chi connectivity index (χ1v) is 8.48. The molecule has 1 aliphatic rings. The average Bonchev–Trinajstić information content (AvgIpc) is 3.17. The third kappa shape index (κ3) is 3.48. The van der Waals surface area contributed by atoms with Crippen LogP contribution in [0.5, 0.6) is 0 Å². The van der Waals surface area contributed by atoms with Crippen LogP contribution in [0.15, 0.2) is 29.6 Å². The first-order chi connectivity index (χ1) is 10.6. The van der Waals surface area contributed by atoms with Gasteiger partial charge in [-0.15, -0.1) is 11.3 Å². The van der Waals surface area contributed by atoms with E-state index in [2.05, 4.69) is 4.98 Å². The van der Waals surface area contributed by atoms with Crippen molar-refractivity contribution in [3.05, 3.63) is 40.4 Å². The van der Waals surface area contributed by atoms with E-state index in [-0.39, 0.29) is 12.0 Å². The molecule has 1 saturated heterocycles. The Morgan fingerprint density at radius 1 is 1.55 bits per heavy atom. The molecule has 116 valence electrons. The summed E-state index contributed by atoms with van der Waals surface area (Å²) >= 11 is 7.45. The second kappa shape index (κ2) is 6.77. The van der Waals surface area contributed by atoms with Gasteiger partial charge in [0.15, 0.2) is 0 Å². The largest absolute Gasteiger partial charge is 0.376 e. The van der Waals surface area contributed by atoms with Crippen molar-refractivity contribution in [2.75, 3.05) is 20.2 Å². The number of ether oxygens (including phenoxy) is 1. The number of hydrogen-bond acceptors (Lipinski definition) is 4. The second-order valence-electron chi connectivity index (χ2n) is 5.37. The molecule has 1 unspecified atom stereocenters. The fourth-order valence-electron chi connectivity index (χ4n) is 2.50. The fraction of sp³-hybridized carbons (Fsp3) is 0.375. The quantitative estimate of drug-likeness (QED) is 0.854. The lowest BCUT2D eigenvalue weighted by Crippen LogP contribution is -2.34. The molecule has 0 spiro atoms. The Labute approximate surface area is 138 Å². The van der Waals surface area contributed by atoms with Gasteiger partial charge in [-0.1, -0.05) is 23.7 Å². The predicted molar refractivity (Wildman–Crippen MR) is 88.5 cm³/mol. The van der Waals surface area contributed by atoms with E-state index in [9.17, 15) is 4.79 Å². The molecular weight excluding hydrogens is 320 g/mol. The zero-order chi connectivity index (χ0) is 15.5. The number of thiazole rings is 1. The van der Waals surface area contributed by atoms with E-state index in [4.69, 9.17) is 16.3 Å². The van der Waals surface area contributed by atoms with Crippen molar-refractivity contribution in [1.82, 2.24) is 9.88 Å². The van der Waals surface area contributed by atoms with Gasteiger partial charge >= 0.3 is 0 Å². The summed E-state index contributed by atoms with van der Waals surface area (Å²) in [6.45, 7) is 1.41. The van der Waals surface area contributed by atoms with Gasteiger partial charge in [0.05, 0.1) is 6.10 Å². The number of rotatable bonds is 4. The summed E-state index contributed by atoms with van der Waals surface area (Å²) in [7, 11) is 1.79. The Bertz CT molecular complexity index is 668. The lowest BCUT2D eigenvalue weighted by molar-refractivity contribution is 0.0583. The summed E-state index contributed by atoms with van der Waals surface area (Å²) in [5.41, 5.74) is 1.40. The number of halogens is 1. The minimum atomic E-state index is -0.0694. The molecule has 3 rings (SSSR count). The normalized spacial score (nSPS) is 17.6. The van der Waals surface area contributed by atoms with Crippen molar-refractivity contribution in [1.29, 1.82) is 0 Å². The first kappa shape index (κ1) is 15.5. The Morgan fingerprint density at radius 3 is 3.14 bits per heavy atom. The van der Waals surface area contributed by atoms with Crippen molar-refractivity contribution < 1.29 is 9.53 Å². The molecule has 1 aliphatic heterocycles. The molecule has 4 nitrogen and oxygen atoms in total. The Morgan fingerprint density at radius 2 is 2.41 bits per heavy atom. The number of benzene rings is 1. The smallest absolute Gasteiger partial charge is 0.273 e. The van der Waals surface area contributed by atoms with Crippen LogP contribution >= 0.6 is 22.9 Å². The molecule has 1 fully saturated rings. The van der Waals surface area contributed by atoms with E-state index in [1.165, 1.54) is 11.3 Å². The van der Waals surface area contributed by atoms with Gasteiger partial charge in [0, 0.05) is 36.2 Å². The molecule has 0 radical (unpaired) electrons. The van der Waals surface area contributed by atoms with E-state index in [0.717, 1.165) is 30.0 Å². The first-order valence-electron chi connectivity index (χ1n) is 7.22. The van der Waals surface area contributed by atoms with E-state index < -0.39 is 0 Å². The molecule has 1 aromatic heterocycles. The van der Waals surface area contributed by atoms with E-state index >= 15 is 0 Å². The van der Waals surface area contributed by atoms with Gasteiger partial charge in [0.1, 0.15) is 10.7 Å². The molecule has 0 N–H and O–H groups in total. The topological polar surface area (TPSA) is 42.4 Å². The highest BCUT2D eigenvalue weighted by Crippen LogP contribution is 2.26. The summed E-state index contributed by atoms with van der Waals surface area (Å²) in [6, 6.07) is 7.49. The molecule has 1 atom stereocenters. The van der Waals surface area contributed by atoms with E-state index in [1.54, 1.807) is 17.3 Å². The van der Waals surface area contributed by atoms with Crippen molar-refractivity contribution in [2.24, 2.45) is 0 Å². The number of carbonyl (C=O) groups excluding carboxylic acids is 1. The molecule has 0 saturated carbocycles. The lowest BCUT2D eigenvalue weighted by atomic mass is 10.2. The molecule has 0 aliphatic carbocycles. The summed E-state index contributed by atoms with van der Waals surface area (Å²) in [6.07, 6.45) is 2.24. The molecule has 1 aromatic carbocycles. The standard InChI is InChI=1S/C16H17ClN2O2S/c1-19(9-13-6-3-7-21-13)16(20)14-10-22-15(18-14)11-4-2-5-12(17)8-11/h2,4-5,8,10,13H,3,6-7,9H2,1H3. The Hall–Kier alpha value is -1.43. The molecule has 1 amide bonds. The third-order valence-electron chi connectivity index (χ3n) is 3.64. The average molecular weight is 337 g/mol. The van der Waals surface area contributed by atoms with Crippen molar-refractivity contribution >= 4 is 28.8 Å². The Balaban J connectivity index is 1.71. The fourth-order valence-corrected chi connectivity index (χ4v) is 3.48. The minimum absolute atomic E-state index is 0.0694. The zero-order valence-corrected chi connectivity index (χ0v) is 13.9. The molecule has 2 heterocycles. The highest BCUT2D eigenvalue weighted by molar-refractivity contribution is 7.13. The van der Waals surface area contributed by atoms with Crippen molar-refractivity contribution in [3.63, 3.8) is 0 Å². The Kier molecular flexibility index (Phi) is 4.76. The summed E-state index contributed by atoms with van der Waals surface area (Å²) < 4.78 is 5.57. The van der Waals surface area contributed by atoms with Gasteiger partial charge in [0.2, 0.25) is 0 Å². The number of nitrogens with zero attached hydrogens (tertiary/aromatic N) is 2. The maximum absolute atomic E-state index is 12.4. The number of likely N-dealkylation sites (N-methyl/N-ethyl adjacent to an activating group) is 1. The van der Waals surface area contributed by atoms with Crippen LogP contribution in [0.4, 0.5) is 0 Å². The highest BCUT2D eigenvalue weighted by atomic mass is 35.5. The summed E-state index contributed by atoms with van der Waals surface area (Å²) in [5, 5.41) is 3.26. The maximum Gasteiger partial charge on any atom is 0.273 e. The van der Waals surface area contributed by atoms with Crippen LogP contribution in [0, 0.1) is 0 Å². The van der Waals surface area contributed by atoms with Crippen LogP contribution in [0.3, 0.4) is 0 Å². The van der Waals surface area contributed by atoms with Crippen LogP contribution < -0.4 is 0 Å². The number of hydrogen-bond donors (Lipinski definition) is 0. The molecular formula is C16H17ClN2O2S. The number of amides is 1. The zero-order valence-electron chi connectivity index (χ0n) is 12.3. The second-order valence-corrected chi connectivity index (χ2v) is 6.66. The van der Waals surface area contributed by atoms with Gasteiger partial charge in [-0.3, -0.25) is 4.79 Å². The van der Waals surface area contributed by atoms with Crippen LogP contribution in [0.2, 0.25) is 5.02 Å². The molecule has 6 heteroatoms. The van der Waals surface area contributed by atoms with Crippen LogP contribution in [0.1, 0.15) is 23.3 Å². The van der Waals surface area contributed by atoms with Crippen molar-refractivity contribution in [3.8, 4) is 10.6 Å². The maximum atomic E-state index is 12.4. The van der Waals surface area contributed by atoms with E-state index in [0.29, 0.717) is 17.3 Å². The van der Waals surface area contributed by atoms with Gasteiger partial charge in [-0.2, -0.15) is 0 Å². The molecule has 0 bridgehead atoms. The monoisotopic (exact) mass is 336 g/mol. The van der Waals surface area contributed by atoms with Gasteiger partial charge in [-0.25, -0.2) is 4.98 Å². The van der Waals surface area contributed by atoms with Gasteiger partial charge in [0.25, 0.3) is 5.91 Å². The van der Waals surface area contributed by atoms with Gasteiger partial charge in [-0.05, 0) is 25.0 Å². The molecule has 2 aromatic rings. The lowest BCUT2D eigenvalue weighted by Gasteiger charge is -2.19. The highest BCUT2D eigenvalue weighted by Gasteiger charge is 2.22. The van der Waals surface area contributed by atoms with Crippen LogP contribution in [-0.4, -0.2) is 42.1 Å². The summed E-state index contributed by atoms with van der Waals surface area (Å²) in [5.74, 6) is -0.0694. The van der Waals surface area contributed by atoms with Crippen LogP contribution in [-0.2, 0) is 4.74 Å². The SMILES string of the molecule is CN(CC1CCCO1)C(=O)c1csc(-c2cccc(Cl)c2)n1. The third-order valence-corrected chi connectivity index (χ3v) is 4.77. The van der Waals surface area contributed by atoms with Gasteiger partial charge < -0.3 is 9.64 Å². The van der Waals surface area contributed by atoms with Crippen molar-refractivity contribution in [2.45, 2.75) is 18.9 Å². The number of aromatic nitrogens is 1. The minimum Gasteiger partial charge on any atom is -0.376 e. The number of carbonyl (C=O) groups is 1. The van der Waals surface area contributed by atoms with E-state index in [1.807, 2.05) is 24.3 Å². The van der Waals surface area contributed by atoms with Crippen LogP contribution in [0.25, 0.3) is 10.6 Å². The molecule has 22 heavy (non-hydrogen) atoms. The summed E-state index contributed by atoms with van der Waals surface area (Å²) in [4.78, 5) is 18.6. The predicted octanol–water partition coefficient (Wildman–Crippen LogP) is 3.71.